The molecule has 0 saturated heterocycles. The molecule has 1 heterocycles. The summed E-state index contributed by atoms with van der Waals surface area (Å²) in [6.07, 6.45) is 0. The van der Waals surface area contributed by atoms with Gasteiger partial charge in [-0.1, -0.05) is 11.6 Å². The van der Waals surface area contributed by atoms with Crippen LogP contribution in [0.3, 0.4) is 0 Å². The van der Waals surface area contributed by atoms with Crippen LogP contribution in [0.15, 0.2) is 12.1 Å². The Morgan fingerprint density at radius 1 is 1.58 bits per heavy atom. The maximum absolute atomic E-state index is 11.0. The maximum atomic E-state index is 11.0. The van der Waals surface area contributed by atoms with Crippen molar-refractivity contribution < 1.29 is 9.53 Å². The zero-order valence-corrected chi connectivity index (χ0v) is 7.55. The molecule has 0 spiro atoms. The van der Waals surface area contributed by atoms with Gasteiger partial charge in [-0.25, -0.2) is 9.78 Å². The number of esters is 1. The van der Waals surface area contributed by atoms with Crippen LogP contribution in [0.25, 0.3) is 0 Å². The molecule has 0 saturated carbocycles. The van der Waals surface area contributed by atoms with Gasteiger partial charge >= 0.3 is 5.97 Å². The number of hydrogen-bond donors (Lipinski definition) is 0. The fraction of sp³-hybridized carbons (Fsp3) is 0.250. The van der Waals surface area contributed by atoms with E-state index >= 15 is 0 Å². The number of ether oxygens (including phenoxy) is 1. The zero-order valence-electron chi connectivity index (χ0n) is 6.80. The Morgan fingerprint density at radius 2 is 2.25 bits per heavy atom. The minimum Gasteiger partial charge on any atom is -0.464 e. The lowest BCUT2D eigenvalue weighted by atomic mass is 10.2. The Kier molecular flexibility index (Phi) is 2.65. The molecule has 1 aromatic rings. The molecule has 0 bridgehead atoms. The number of carbonyl (C=O) groups is 1. The SMILES string of the molecule is COC(=O)c1cc(C)cc(Cl)n1. The van der Waals surface area contributed by atoms with Gasteiger partial charge in [0.25, 0.3) is 0 Å². The van der Waals surface area contributed by atoms with E-state index in [1.165, 1.54) is 7.11 Å². The lowest BCUT2D eigenvalue weighted by Crippen LogP contribution is -2.04. The third-order valence-corrected chi connectivity index (χ3v) is 1.53. The molecule has 0 fully saturated rings. The quantitative estimate of drug-likeness (QED) is 0.495. The van der Waals surface area contributed by atoms with Gasteiger partial charge in [0.1, 0.15) is 10.8 Å². The van der Waals surface area contributed by atoms with Crippen LogP contribution in [0.4, 0.5) is 0 Å². The first-order valence-corrected chi connectivity index (χ1v) is 3.74. The van der Waals surface area contributed by atoms with E-state index in [0.29, 0.717) is 5.15 Å². The lowest BCUT2D eigenvalue weighted by molar-refractivity contribution is 0.0594. The Morgan fingerprint density at radius 3 is 2.75 bits per heavy atom. The summed E-state index contributed by atoms with van der Waals surface area (Å²) in [5.41, 5.74) is 1.12. The molecule has 4 heteroatoms. The molecule has 0 N–H and O–H groups in total. The van der Waals surface area contributed by atoms with E-state index in [1.54, 1.807) is 12.1 Å². The molecule has 0 unspecified atom stereocenters. The normalized spacial score (nSPS) is 9.58. The summed E-state index contributed by atoms with van der Waals surface area (Å²) in [6.45, 7) is 1.83. The predicted octanol–water partition coefficient (Wildman–Crippen LogP) is 1.83. The van der Waals surface area contributed by atoms with E-state index in [1.807, 2.05) is 6.92 Å². The minimum absolute atomic E-state index is 0.238. The zero-order chi connectivity index (χ0) is 9.14. The number of rotatable bonds is 1. The van der Waals surface area contributed by atoms with Gasteiger partial charge in [0, 0.05) is 0 Å². The Balaban J connectivity index is 3.08. The molecule has 1 aromatic heterocycles. The highest BCUT2D eigenvalue weighted by Crippen LogP contribution is 2.10. The number of aryl methyl sites for hydroxylation is 1. The third kappa shape index (κ3) is 1.95. The second kappa shape index (κ2) is 3.54. The van der Waals surface area contributed by atoms with Crippen LogP contribution in [-0.4, -0.2) is 18.1 Å². The Labute approximate surface area is 75.3 Å². The smallest absolute Gasteiger partial charge is 0.356 e. The number of hydrogen-bond acceptors (Lipinski definition) is 3. The molecule has 0 aromatic carbocycles. The van der Waals surface area contributed by atoms with Crippen molar-refractivity contribution >= 4 is 17.6 Å². The Hall–Kier alpha value is -1.09. The molecule has 0 aliphatic heterocycles. The summed E-state index contributed by atoms with van der Waals surface area (Å²) in [5, 5.41) is 0.301. The Bertz CT molecular complexity index is 292. The topological polar surface area (TPSA) is 39.2 Å². The highest BCUT2D eigenvalue weighted by molar-refractivity contribution is 6.29. The first-order valence-electron chi connectivity index (χ1n) is 3.36. The van der Waals surface area contributed by atoms with E-state index in [0.717, 1.165) is 5.56 Å². The fourth-order valence-corrected chi connectivity index (χ4v) is 1.10. The van der Waals surface area contributed by atoms with Crippen molar-refractivity contribution in [3.63, 3.8) is 0 Å². The van der Waals surface area contributed by atoms with Crippen LogP contribution >= 0.6 is 11.6 Å². The van der Waals surface area contributed by atoms with Crippen molar-refractivity contribution in [1.29, 1.82) is 0 Å². The molecule has 0 radical (unpaired) electrons. The molecule has 64 valence electrons. The summed E-state index contributed by atoms with van der Waals surface area (Å²) in [4.78, 5) is 14.8. The molecule has 0 aliphatic carbocycles. The van der Waals surface area contributed by atoms with E-state index in [-0.39, 0.29) is 5.69 Å². The molecular weight excluding hydrogens is 178 g/mol. The largest absolute Gasteiger partial charge is 0.464 e. The molecule has 0 amide bonds. The van der Waals surface area contributed by atoms with Crippen molar-refractivity contribution in [2.24, 2.45) is 0 Å². The third-order valence-electron chi connectivity index (χ3n) is 1.33. The number of carbonyl (C=O) groups excluding carboxylic acids is 1. The van der Waals surface area contributed by atoms with Crippen LogP contribution in [0.1, 0.15) is 16.1 Å². The molecule has 0 atom stereocenters. The summed E-state index contributed by atoms with van der Waals surface area (Å²) >= 11 is 5.63. The second-order valence-electron chi connectivity index (χ2n) is 2.34. The number of aromatic nitrogens is 1. The highest BCUT2D eigenvalue weighted by Gasteiger charge is 2.07. The van der Waals surface area contributed by atoms with Gasteiger partial charge < -0.3 is 4.74 Å². The van der Waals surface area contributed by atoms with Gasteiger partial charge in [-0.15, -0.1) is 0 Å². The van der Waals surface area contributed by atoms with Gasteiger partial charge in [-0.05, 0) is 24.6 Å². The summed E-state index contributed by atoms with van der Waals surface area (Å²) in [5.74, 6) is -0.472. The summed E-state index contributed by atoms with van der Waals surface area (Å²) in [6, 6.07) is 3.30. The van der Waals surface area contributed by atoms with Crippen LogP contribution in [-0.2, 0) is 4.74 Å². The molecule has 3 nitrogen and oxygen atoms in total. The van der Waals surface area contributed by atoms with Gasteiger partial charge in [-0.3, -0.25) is 0 Å². The van der Waals surface area contributed by atoms with Gasteiger partial charge in [-0.2, -0.15) is 0 Å². The van der Waals surface area contributed by atoms with Crippen LogP contribution in [0, 0.1) is 6.92 Å². The first-order chi connectivity index (χ1) is 5.63. The summed E-state index contributed by atoms with van der Waals surface area (Å²) in [7, 11) is 1.31. The van der Waals surface area contributed by atoms with Crippen LogP contribution < -0.4 is 0 Å². The maximum Gasteiger partial charge on any atom is 0.356 e. The van der Waals surface area contributed by atoms with E-state index in [4.69, 9.17) is 11.6 Å². The standard InChI is InChI=1S/C8H8ClNO2/c1-5-3-6(8(11)12-2)10-7(9)4-5/h3-4H,1-2H3. The first kappa shape index (κ1) is 9.00. The second-order valence-corrected chi connectivity index (χ2v) is 2.73. The van der Waals surface area contributed by atoms with Crippen molar-refractivity contribution in [1.82, 2.24) is 4.98 Å². The van der Waals surface area contributed by atoms with E-state index in [2.05, 4.69) is 9.72 Å². The fourth-order valence-electron chi connectivity index (χ4n) is 0.834. The van der Waals surface area contributed by atoms with Crippen molar-refractivity contribution in [2.75, 3.05) is 7.11 Å². The number of pyridine rings is 1. The summed E-state index contributed by atoms with van der Waals surface area (Å²) < 4.78 is 4.49. The molecule has 0 aliphatic rings. The highest BCUT2D eigenvalue weighted by atomic mass is 35.5. The molecule has 12 heavy (non-hydrogen) atoms. The van der Waals surface area contributed by atoms with Gasteiger partial charge in [0.15, 0.2) is 0 Å². The number of methoxy groups -OCH3 is 1. The van der Waals surface area contributed by atoms with Gasteiger partial charge in [0.2, 0.25) is 0 Å². The lowest BCUT2D eigenvalue weighted by Gasteiger charge is -1.99. The van der Waals surface area contributed by atoms with Gasteiger partial charge in [0.05, 0.1) is 7.11 Å². The molecular formula is C8H8ClNO2. The number of nitrogens with zero attached hydrogens (tertiary/aromatic N) is 1. The predicted molar refractivity (Wildman–Crippen MR) is 45.3 cm³/mol. The van der Waals surface area contributed by atoms with Crippen molar-refractivity contribution in [3.8, 4) is 0 Å². The molecule has 1 rings (SSSR count). The van der Waals surface area contributed by atoms with E-state index in [9.17, 15) is 4.79 Å². The van der Waals surface area contributed by atoms with Crippen LogP contribution in [0.5, 0.6) is 0 Å². The van der Waals surface area contributed by atoms with E-state index < -0.39 is 5.97 Å². The average molecular weight is 186 g/mol. The van der Waals surface area contributed by atoms with Crippen LogP contribution in [0.2, 0.25) is 5.15 Å². The minimum atomic E-state index is -0.472. The number of halogens is 1. The van der Waals surface area contributed by atoms with Crippen molar-refractivity contribution in [2.45, 2.75) is 6.92 Å². The monoisotopic (exact) mass is 185 g/mol. The van der Waals surface area contributed by atoms with Crippen molar-refractivity contribution in [3.05, 3.63) is 28.5 Å². The average Bonchev–Trinajstić information content (AvgIpc) is 2.01.